The Morgan fingerprint density at radius 3 is 3.18 bits per heavy atom. The third-order valence-corrected chi connectivity index (χ3v) is 3.52. The van der Waals surface area contributed by atoms with Crippen LogP contribution in [0.2, 0.25) is 0 Å². The predicted octanol–water partition coefficient (Wildman–Crippen LogP) is 2.89. The van der Waals surface area contributed by atoms with Crippen molar-refractivity contribution in [3.8, 4) is 0 Å². The Kier molecular flexibility index (Phi) is 5.42. The standard InChI is InChI=1S/C13H19BrN2O/c14-13-9-11(4-7-16-13)10-17-8-5-12-3-1-2-6-15-12/h4,7,9,12,15H,1-3,5-6,8,10H2/t12-/m0/s1. The Labute approximate surface area is 111 Å². The molecule has 0 bridgehead atoms. The summed E-state index contributed by atoms with van der Waals surface area (Å²) in [6, 6.07) is 4.65. The van der Waals surface area contributed by atoms with Gasteiger partial charge in [-0.05, 0) is 59.4 Å². The van der Waals surface area contributed by atoms with Crippen LogP contribution >= 0.6 is 15.9 Å². The molecule has 1 aliphatic rings. The number of ether oxygens (including phenoxy) is 1. The second kappa shape index (κ2) is 7.09. The van der Waals surface area contributed by atoms with E-state index in [1.54, 1.807) is 6.20 Å². The Morgan fingerprint density at radius 1 is 1.47 bits per heavy atom. The van der Waals surface area contributed by atoms with E-state index in [1.165, 1.54) is 31.4 Å². The van der Waals surface area contributed by atoms with Crippen LogP contribution in [0, 0.1) is 0 Å². The van der Waals surface area contributed by atoms with E-state index in [4.69, 9.17) is 4.74 Å². The lowest BCUT2D eigenvalue weighted by molar-refractivity contribution is 0.108. The van der Waals surface area contributed by atoms with Crippen LogP contribution in [0.15, 0.2) is 22.9 Å². The maximum atomic E-state index is 5.69. The van der Waals surface area contributed by atoms with Gasteiger partial charge in [-0.25, -0.2) is 4.98 Å². The SMILES string of the molecule is Brc1cc(COCC[C@@H]2CCCCN2)ccn1. The van der Waals surface area contributed by atoms with Crippen LogP contribution in [0.1, 0.15) is 31.2 Å². The summed E-state index contributed by atoms with van der Waals surface area (Å²) >= 11 is 3.36. The van der Waals surface area contributed by atoms with E-state index in [-0.39, 0.29) is 0 Å². The van der Waals surface area contributed by atoms with Crippen LogP contribution in [-0.4, -0.2) is 24.2 Å². The molecule has 1 aromatic heterocycles. The second-order valence-electron chi connectivity index (χ2n) is 4.47. The summed E-state index contributed by atoms with van der Waals surface area (Å²) < 4.78 is 6.56. The monoisotopic (exact) mass is 298 g/mol. The molecule has 1 aliphatic heterocycles. The minimum absolute atomic E-state index is 0.660. The molecule has 2 rings (SSSR count). The van der Waals surface area contributed by atoms with E-state index in [9.17, 15) is 0 Å². The van der Waals surface area contributed by atoms with E-state index in [0.29, 0.717) is 12.6 Å². The van der Waals surface area contributed by atoms with E-state index in [1.807, 2.05) is 12.1 Å². The van der Waals surface area contributed by atoms with E-state index in [2.05, 4.69) is 26.2 Å². The van der Waals surface area contributed by atoms with Crippen molar-refractivity contribution in [2.45, 2.75) is 38.3 Å². The summed E-state index contributed by atoms with van der Waals surface area (Å²) in [4.78, 5) is 4.09. The van der Waals surface area contributed by atoms with Gasteiger partial charge in [0, 0.05) is 18.8 Å². The van der Waals surface area contributed by atoms with Gasteiger partial charge in [-0.2, -0.15) is 0 Å². The number of halogens is 1. The van der Waals surface area contributed by atoms with Crippen LogP contribution in [0.5, 0.6) is 0 Å². The molecule has 0 saturated carbocycles. The highest BCUT2D eigenvalue weighted by Crippen LogP contribution is 2.12. The molecule has 0 unspecified atom stereocenters. The molecule has 3 nitrogen and oxygen atoms in total. The van der Waals surface area contributed by atoms with Gasteiger partial charge in [-0.15, -0.1) is 0 Å². The zero-order valence-electron chi connectivity index (χ0n) is 9.99. The summed E-state index contributed by atoms with van der Waals surface area (Å²) in [7, 11) is 0. The van der Waals surface area contributed by atoms with Crippen molar-refractivity contribution in [3.05, 3.63) is 28.5 Å². The number of pyridine rings is 1. The smallest absolute Gasteiger partial charge is 0.106 e. The van der Waals surface area contributed by atoms with Gasteiger partial charge in [0.05, 0.1) is 6.61 Å². The first-order chi connectivity index (χ1) is 8.34. The van der Waals surface area contributed by atoms with Crippen LogP contribution < -0.4 is 5.32 Å². The Balaban J connectivity index is 1.62. The molecule has 1 N–H and O–H groups in total. The third kappa shape index (κ3) is 4.74. The molecule has 0 spiro atoms. The summed E-state index contributed by atoms with van der Waals surface area (Å²) in [5.41, 5.74) is 1.17. The van der Waals surface area contributed by atoms with Crippen molar-refractivity contribution in [2.24, 2.45) is 0 Å². The quantitative estimate of drug-likeness (QED) is 0.670. The van der Waals surface area contributed by atoms with Crippen molar-refractivity contribution >= 4 is 15.9 Å². The number of aromatic nitrogens is 1. The maximum absolute atomic E-state index is 5.69. The highest BCUT2D eigenvalue weighted by Gasteiger charge is 2.11. The molecule has 4 heteroatoms. The fourth-order valence-corrected chi connectivity index (χ4v) is 2.53. The number of hydrogen-bond donors (Lipinski definition) is 1. The van der Waals surface area contributed by atoms with Crippen molar-refractivity contribution in [1.82, 2.24) is 10.3 Å². The molecule has 0 amide bonds. The minimum Gasteiger partial charge on any atom is -0.377 e. The zero-order chi connectivity index (χ0) is 11.9. The lowest BCUT2D eigenvalue weighted by Crippen LogP contribution is -2.34. The molecular weight excluding hydrogens is 280 g/mol. The van der Waals surface area contributed by atoms with Gasteiger partial charge in [0.25, 0.3) is 0 Å². The van der Waals surface area contributed by atoms with Crippen LogP contribution in [0.3, 0.4) is 0 Å². The third-order valence-electron chi connectivity index (χ3n) is 3.08. The minimum atomic E-state index is 0.660. The topological polar surface area (TPSA) is 34.1 Å². The first-order valence-corrected chi connectivity index (χ1v) is 7.05. The number of rotatable bonds is 5. The lowest BCUT2D eigenvalue weighted by atomic mass is 10.0. The highest BCUT2D eigenvalue weighted by atomic mass is 79.9. The highest BCUT2D eigenvalue weighted by molar-refractivity contribution is 9.10. The molecular formula is C13H19BrN2O. The van der Waals surface area contributed by atoms with Gasteiger partial charge in [-0.3, -0.25) is 0 Å². The van der Waals surface area contributed by atoms with Gasteiger partial charge in [0.15, 0.2) is 0 Å². The number of nitrogens with zero attached hydrogens (tertiary/aromatic N) is 1. The first kappa shape index (κ1) is 13.0. The lowest BCUT2D eigenvalue weighted by Gasteiger charge is -2.23. The molecule has 1 saturated heterocycles. The molecule has 17 heavy (non-hydrogen) atoms. The van der Waals surface area contributed by atoms with Gasteiger partial charge in [0.1, 0.15) is 4.60 Å². The average molecular weight is 299 g/mol. The largest absolute Gasteiger partial charge is 0.377 e. The maximum Gasteiger partial charge on any atom is 0.106 e. The number of hydrogen-bond acceptors (Lipinski definition) is 3. The molecule has 1 atom stereocenters. The summed E-state index contributed by atoms with van der Waals surface area (Å²) in [6.07, 6.45) is 6.89. The van der Waals surface area contributed by atoms with Crippen LogP contribution in [-0.2, 0) is 11.3 Å². The van der Waals surface area contributed by atoms with Crippen LogP contribution in [0.4, 0.5) is 0 Å². The average Bonchev–Trinajstić information content (AvgIpc) is 2.36. The number of piperidine rings is 1. The van der Waals surface area contributed by atoms with E-state index in [0.717, 1.165) is 17.6 Å². The molecule has 94 valence electrons. The molecule has 1 fully saturated rings. The fourth-order valence-electron chi connectivity index (χ4n) is 2.12. The van der Waals surface area contributed by atoms with Crippen molar-refractivity contribution in [3.63, 3.8) is 0 Å². The second-order valence-corrected chi connectivity index (χ2v) is 5.29. The summed E-state index contributed by atoms with van der Waals surface area (Å²) in [6.45, 7) is 2.67. The van der Waals surface area contributed by atoms with Crippen molar-refractivity contribution in [2.75, 3.05) is 13.2 Å². The molecule has 0 radical (unpaired) electrons. The van der Waals surface area contributed by atoms with Crippen molar-refractivity contribution < 1.29 is 4.74 Å². The number of nitrogens with one attached hydrogen (secondary N) is 1. The Hall–Kier alpha value is -0.450. The molecule has 1 aromatic rings. The van der Waals surface area contributed by atoms with Gasteiger partial charge < -0.3 is 10.1 Å². The van der Waals surface area contributed by atoms with Gasteiger partial charge in [-0.1, -0.05) is 6.42 Å². The van der Waals surface area contributed by atoms with E-state index >= 15 is 0 Å². The fraction of sp³-hybridized carbons (Fsp3) is 0.615. The summed E-state index contributed by atoms with van der Waals surface area (Å²) in [5, 5.41) is 3.53. The molecule has 0 aliphatic carbocycles. The van der Waals surface area contributed by atoms with Gasteiger partial charge >= 0.3 is 0 Å². The predicted molar refractivity (Wildman–Crippen MR) is 71.9 cm³/mol. The molecule has 2 heterocycles. The first-order valence-electron chi connectivity index (χ1n) is 6.26. The van der Waals surface area contributed by atoms with Crippen molar-refractivity contribution in [1.29, 1.82) is 0 Å². The Morgan fingerprint density at radius 2 is 2.41 bits per heavy atom. The molecule has 0 aromatic carbocycles. The zero-order valence-corrected chi connectivity index (χ0v) is 11.6. The van der Waals surface area contributed by atoms with E-state index < -0.39 is 0 Å². The van der Waals surface area contributed by atoms with Crippen LogP contribution in [0.25, 0.3) is 0 Å². The normalized spacial score (nSPS) is 20.4. The Bertz CT molecular complexity index is 340. The summed E-state index contributed by atoms with van der Waals surface area (Å²) in [5.74, 6) is 0. The van der Waals surface area contributed by atoms with Gasteiger partial charge in [0.2, 0.25) is 0 Å².